The van der Waals surface area contributed by atoms with Crippen LogP contribution in [0.15, 0.2) is 41.9 Å². The van der Waals surface area contributed by atoms with Crippen LogP contribution in [0.2, 0.25) is 0 Å². The highest BCUT2D eigenvalue weighted by Gasteiger charge is 2.43. The number of likely N-dealkylation sites (N-methyl/N-ethyl adjacent to an activating group) is 2. The van der Waals surface area contributed by atoms with Crippen LogP contribution in [-0.4, -0.2) is 121 Å². The first-order valence-corrected chi connectivity index (χ1v) is 20.2. The number of aliphatic hydroxyl groups is 1. The summed E-state index contributed by atoms with van der Waals surface area (Å²) >= 11 is 1.50. The Morgan fingerprint density at radius 2 is 1.70 bits per heavy atom. The van der Waals surface area contributed by atoms with E-state index in [1.54, 1.807) is 39.4 Å². The summed E-state index contributed by atoms with van der Waals surface area (Å²) in [5, 5.41) is 21.2. The monoisotopic (exact) mass is 772 g/mol. The molecule has 1 aliphatic heterocycles. The van der Waals surface area contributed by atoms with Crippen molar-refractivity contribution < 1.29 is 33.8 Å². The fraction of sp³-hybridized carbons (Fsp3) is 0.675. The smallest absolute Gasteiger partial charge is 0.245 e. The van der Waals surface area contributed by atoms with Crippen LogP contribution in [0.25, 0.3) is 0 Å². The van der Waals surface area contributed by atoms with E-state index in [4.69, 9.17) is 9.47 Å². The molecule has 1 fully saturated rings. The molecule has 0 unspecified atom stereocenters. The fourth-order valence-corrected chi connectivity index (χ4v) is 8.22. The van der Waals surface area contributed by atoms with Crippen LogP contribution >= 0.6 is 11.3 Å². The first kappa shape index (κ1) is 45.0. The lowest BCUT2D eigenvalue weighted by molar-refractivity contribution is -0.148. The standard InChI is InChI=1S/C40H64N6O7S/c1-10-25(3)34(44-38(50)30(24-47)41-6)40(51)45(7)35(26(4)11-2)32(52-8)23-33(48)46-20-15-18-31(46)36(53-9)27(5)37(49)43-29(39-42-19-21-54-39)22-28-16-13-12-14-17-28/h12-14,16-17,19,21,25-27,29-32,34-36,41,47H,10-11,15,18,20,22-24H2,1-9H3,(H,43,49)(H,44,50)/t25-,26+,27-,29+,30+,31+,32-,34+,35+,36-/m1/s1. The summed E-state index contributed by atoms with van der Waals surface area (Å²) in [4.78, 5) is 63.2. The summed E-state index contributed by atoms with van der Waals surface area (Å²) in [7, 11) is 6.42. The van der Waals surface area contributed by atoms with Gasteiger partial charge in [0.1, 0.15) is 17.1 Å². The van der Waals surface area contributed by atoms with Crippen LogP contribution in [0.3, 0.4) is 0 Å². The molecule has 4 amide bonds. The van der Waals surface area contributed by atoms with E-state index in [1.165, 1.54) is 11.3 Å². The maximum Gasteiger partial charge on any atom is 0.245 e. The SMILES string of the molecule is CC[C@@H](C)[C@H](NC(=O)[C@H](CO)NC)C(=O)N(C)[C@@H]([C@@H](C)CC)[C@@H](CC(=O)N1CCC[C@H]1[C@H](OC)[C@@H](C)C(=O)N[C@@H](Cc1ccccc1)c1nccs1)OC. The molecular weight excluding hydrogens is 709 g/mol. The number of ether oxygens (including phenoxy) is 2. The molecule has 14 heteroatoms. The molecule has 0 radical (unpaired) electrons. The van der Waals surface area contributed by atoms with Gasteiger partial charge in [0.2, 0.25) is 23.6 Å². The number of hydrogen-bond donors (Lipinski definition) is 4. The minimum atomic E-state index is -0.851. The topological polar surface area (TPSA) is 162 Å². The van der Waals surface area contributed by atoms with Crippen LogP contribution < -0.4 is 16.0 Å². The van der Waals surface area contributed by atoms with Gasteiger partial charge >= 0.3 is 0 Å². The molecule has 1 aromatic carbocycles. The Morgan fingerprint density at radius 1 is 1.02 bits per heavy atom. The van der Waals surface area contributed by atoms with Crippen LogP contribution in [0.4, 0.5) is 0 Å². The Kier molecular flexibility index (Phi) is 18.5. The van der Waals surface area contributed by atoms with Crippen LogP contribution in [0.5, 0.6) is 0 Å². The first-order valence-electron chi connectivity index (χ1n) is 19.3. The Labute approximate surface area is 325 Å². The van der Waals surface area contributed by atoms with Crippen molar-refractivity contribution in [2.45, 2.75) is 116 Å². The van der Waals surface area contributed by atoms with Gasteiger partial charge in [-0.15, -0.1) is 11.3 Å². The minimum Gasteiger partial charge on any atom is -0.394 e. The van der Waals surface area contributed by atoms with Gasteiger partial charge in [-0.2, -0.15) is 0 Å². The van der Waals surface area contributed by atoms with Crippen molar-refractivity contribution in [1.82, 2.24) is 30.7 Å². The Morgan fingerprint density at radius 3 is 2.26 bits per heavy atom. The van der Waals surface area contributed by atoms with E-state index in [1.807, 2.05) is 75.2 Å². The third-order valence-corrected chi connectivity index (χ3v) is 12.1. The molecule has 0 aliphatic carbocycles. The lowest BCUT2D eigenvalue weighted by atomic mass is 9.89. The fourth-order valence-electron chi connectivity index (χ4n) is 7.53. The maximum atomic E-state index is 14.2. The molecule has 4 N–H and O–H groups in total. The molecule has 1 saturated heterocycles. The van der Waals surface area contributed by atoms with E-state index in [-0.39, 0.29) is 48.1 Å². The number of amides is 4. The number of nitrogens with one attached hydrogen (secondary N) is 3. The molecule has 302 valence electrons. The number of aliphatic hydroxyl groups excluding tert-OH is 1. The molecular formula is C40H64N6O7S. The van der Waals surface area contributed by atoms with Gasteiger partial charge in [-0.1, -0.05) is 77.8 Å². The van der Waals surface area contributed by atoms with Crippen LogP contribution in [0.1, 0.15) is 83.3 Å². The molecule has 1 aliphatic rings. The van der Waals surface area contributed by atoms with Crippen LogP contribution in [0, 0.1) is 17.8 Å². The molecule has 2 heterocycles. The summed E-state index contributed by atoms with van der Waals surface area (Å²) in [6, 6.07) is 7.17. The highest BCUT2D eigenvalue weighted by atomic mass is 32.1. The molecule has 3 rings (SSSR count). The molecule has 2 aromatic rings. The minimum absolute atomic E-state index is 0.0204. The second-order valence-corrected chi connectivity index (χ2v) is 15.5. The number of carbonyl (C=O) groups excluding carboxylic acids is 4. The average molecular weight is 773 g/mol. The largest absolute Gasteiger partial charge is 0.394 e. The number of rotatable bonds is 22. The molecule has 0 bridgehead atoms. The normalized spacial score (nSPS) is 19.4. The van der Waals surface area contributed by atoms with E-state index in [0.717, 1.165) is 23.4 Å². The molecule has 0 saturated carbocycles. The summed E-state index contributed by atoms with van der Waals surface area (Å²) in [5.41, 5.74) is 1.08. The van der Waals surface area contributed by atoms with Gasteiger partial charge in [0, 0.05) is 39.4 Å². The quantitative estimate of drug-likeness (QED) is 0.140. The second kappa shape index (κ2) is 22.2. The van der Waals surface area contributed by atoms with Crippen molar-refractivity contribution >= 4 is 35.0 Å². The van der Waals surface area contributed by atoms with E-state index in [2.05, 4.69) is 20.9 Å². The van der Waals surface area contributed by atoms with Gasteiger partial charge < -0.3 is 40.3 Å². The van der Waals surface area contributed by atoms with Gasteiger partial charge in [0.05, 0.1) is 49.3 Å². The van der Waals surface area contributed by atoms with E-state index in [9.17, 15) is 24.3 Å². The molecule has 13 nitrogen and oxygen atoms in total. The molecule has 0 spiro atoms. The van der Waals surface area contributed by atoms with Crippen molar-refractivity contribution in [2.24, 2.45) is 17.8 Å². The van der Waals surface area contributed by atoms with Crippen LogP contribution in [-0.2, 0) is 35.1 Å². The van der Waals surface area contributed by atoms with E-state index in [0.29, 0.717) is 25.8 Å². The highest BCUT2D eigenvalue weighted by molar-refractivity contribution is 7.09. The van der Waals surface area contributed by atoms with Gasteiger partial charge in [-0.05, 0) is 43.7 Å². The number of thiazole rings is 1. The molecule has 54 heavy (non-hydrogen) atoms. The lowest BCUT2D eigenvalue weighted by Gasteiger charge is -2.41. The van der Waals surface area contributed by atoms with Gasteiger partial charge in [-0.3, -0.25) is 19.2 Å². The third-order valence-electron chi connectivity index (χ3n) is 11.2. The van der Waals surface area contributed by atoms with Gasteiger partial charge in [0.15, 0.2) is 0 Å². The summed E-state index contributed by atoms with van der Waals surface area (Å²) < 4.78 is 12.0. The zero-order valence-corrected chi connectivity index (χ0v) is 34.4. The Bertz CT molecular complexity index is 1450. The Hall–Kier alpha value is -3.43. The van der Waals surface area contributed by atoms with Gasteiger partial charge in [-0.25, -0.2) is 4.98 Å². The number of aromatic nitrogens is 1. The number of benzene rings is 1. The lowest BCUT2D eigenvalue weighted by Crippen LogP contribution is -2.59. The average Bonchev–Trinajstić information content (AvgIpc) is 3.90. The number of nitrogens with zero attached hydrogens (tertiary/aromatic N) is 3. The number of methoxy groups -OCH3 is 2. The van der Waals surface area contributed by atoms with Crippen molar-refractivity contribution in [2.75, 3.05) is 41.5 Å². The molecule has 10 atom stereocenters. The summed E-state index contributed by atoms with van der Waals surface area (Å²) in [5.74, 6) is -1.85. The predicted octanol–water partition coefficient (Wildman–Crippen LogP) is 3.57. The predicted molar refractivity (Wildman–Crippen MR) is 211 cm³/mol. The first-order chi connectivity index (χ1) is 25.9. The summed E-state index contributed by atoms with van der Waals surface area (Å²) in [6.45, 7) is 9.87. The Balaban J connectivity index is 1.79. The summed E-state index contributed by atoms with van der Waals surface area (Å²) in [6.07, 6.45) is 3.97. The second-order valence-electron chi connectivity index (χ2n) is 14.6. The number of carbonyl (C=O) groups is 4. The van der Waals surface area contributed by atoms with E-state index >= 15 is 0 Å². The zero-order chi connectivity index (χ0) is 39.9. The highest BCUT2D eigenvalue weighted by Crippen LogP contribution is 2.30. The number of hydrogen-bond acceptors (Lipinski definition) is 10. The zero-order valence-electron chi connectivity index (χ0n) is 33.6. The van der Waals surface area contributed by atoms with Crippen molar-refractivity contribution in [3.05, 3.63) is 52.5 Å². The van der Waals surface area contributed by atoms with Gasteiger partial charge in [0.25, 0.3) is 0 Å². The van der Waals surface area contributed by atoms with Crippen molar-refractivity contribution in [1.29, 1.82) is 0 Å². The van der Waals surface area contributed by atoms with E-state index < -0.39 is 48.8 Å². The number of likely N-dealkylation sites (tertiary alicyclic amines) is 1. The maximum absolute atomic E-state index is 14.2. The van der Waals surface area contributed by atoms with Crippen molar-refractivity contribution in [3.63, 3.8) is 0 Å². The third kappa shape index (κ3) is 11.5. The van der Waals surface area contributed by atoms with Crippen molar-refractivity contribution in [3.8, 4) is 0 Å². The molecule has 1 aromatic heterocycles.